The summed E-state index contributed by atoms with van der Waals surface area (Å²) in [4.78, 5) is 10.9. The van der Waals surface area contributed by atoms with E-state index in [4.69, 9.17) is 9.47 Å². The van der Waals surface area contributed by atoms with Crippen LogP contribution in [0.15, 0.2) is 0 Å². The molecule has 0 spiro atoms. The van der Waals surface area contributed by atoms with Gasteiger partial charge in [0.25, 0.3) is 0 Å². The first-order valence-corrected chi connectivity index (χ1v) is 5.07. The second-order valence-electron chi connectivity index (χ2n) is 3.24. The first-order valence-electron chi connectivity index (χ1n) is 5.07. The minimum atomic E-state index is -0.199. The molecule has 0 heterocycles. The Morgan fingerprint density at radius 1 is 1.27 bits per heavy atom. The molecule has 0 fully saturated rings. The number of ether oxygens (including phenoxy) is 3. The van der Waals surface area contributed by atoms with Crippen LogP contribution in [0.3, 0.4) is 0 Å². The summed E-state index contributed by atoms with van der Waals surface area (Å²) in [6.07, 6.45) is 0.384. The Kier molecular flexibility index (Phi) is 9.46. The van der Waals surface area contributed by atoms with Gasteiger partial charge in [0.1, 0.15) is 0 Å². The second-order valence-corrected chi connectivity index (χ2v) is 3.24. The van der Waals surface area contributed by atoms with Crippen LogP contribution in [0.4, 0.5) is 0 Å². The minimum Gasteiger partial charge on any atom is -0.469 e. The molecule has 0 aliphatic rings. The van der Waals surface area contributed by atoms with E-state index in [0.29, 0.717) is 26.2 Å². The Morgan fingerprint density at radius 2 is 2.00 bits per heavy atom. The van der Waals surface area contributed by atoms with E-state index < -0.39 is 0 Å². The molecule has 0 saturated heterocycles. The molecule has 5 nitrogen and oxygen atoms in total. The van der Waals surface area contributed by atoms with Crippen LogP contribution in [-0.2, 0) is 19.0 Å². The van der Waals surface area contributed by atoms with Crippen LogP contribution in [0.1, 0.15) is 13.3 Å². The number of nitrogens with one attached hydrogen (secondary N) is 1. The van der Waals surface area contributed by atoms with Gasteiger partial charge in [0.2, 0.25) is 0 Å². The number of carbonyl (C=O) groups excluding carboxylic acids is 1. The van der Waals surface area contributed by atoms with Crippen LogP contribution in [-0.4, -0.2) is 52.6 Å². The second kappa shape index (κ2) is 9.89. The van der Waals surface area contributed by atoms with Gasteiger partial charge in [0, 0.05) is 19.7 Å². The standard InChI is InChI=1S/C10H21NO4/c1-9(8-10(12)14-3)11-4-5-15-7-6-13-2/h9,11H,4-8H2,1-3H3. The van der Waals surface area contributed by atoms with Gasteiger partial charge in [-0.2, -0.15) is 0 Å². The summed E-state index contributed by atoms with van der Waals surface area (Å²) in [5, 5.41) is 3.16. The molecule has 0 aliphatic carbocycles. The Hall–Kier alpha value is -0.650. The zero-order valence-electron chi connectivity index (χ0n) is 9.75. The van der Waals surface area contributed by atoms with Gasteiger partial charge in [-0.3, -0.25) is 4.79 Å². The summed E-state index contributed by atoms with van der Waals surface area (Å²) in [6, 6.07) is 0.114. The molecule has 0 aliphatic heterocycles. The van der Waals surface area contributed by atoms with E-state index in [0.717, 1.165) is 6.54 Å². The molecule has 5 heteroatoms. The topological polar surface area (TPSA) is 56.8 Å². The lowest BCUT2D eigenvalue weighted by Gasteiger charge is -2.12. The lowest BCUT2D eigenvalue weighted by Crippen LogP contribution is -2.31. The van der Waals surface area contributed by atoms with Gasteiger partial charge >= 0.3 is 5.97 Å². The molecule has 1 atom stereocenters. The summed E-state index contributed by atoms with van der Waals surface area (Å²) in [5.74, 6) is -0.199. The molecule has 15 heavy (non-hydrogen) atoms. The van der Waals surface area contributed by atoms with Crippen molar-refractivity contribution in [1.82, 2.24) is 5.32 Å². The smallest absolute Gasteiger partial charge is 0.307 e. The molecular weight excluding hydrogens is 198 g/mol. The van der Waals surface area contributed by atoms with E-state index >= 15 is 0 Å². The summed E-state index contributed by atoms with van der Waals surface area (Å²) < 4.78 is 14.6. The van der Waals surface area contributed by atoms with Crippen molar-refractivity contribution in [2.45, 2.75) is 19.4 Å². The van der Waals surface area contributed by atoms with Gasteiger partial charge in [0.15, 0.2) is 0 Å². The molecular formula is C10H21NO4. The fourth-order valence-electron chi connectivity index (χ4n) is 1.03. The quantitative estimate of drug-likeness (QED) is 0.443. The van der Waals surface area contributed by atoms with Crippen molar-refractivity contribution >= 4 is 5.97 Å². The van der Waals surface area contributed by atoms with Crippen molar-refractivity contribution < 1.29 is 19.0 Å². The average molecular weight is 219 g/mol. The molecule has 0 aromatic carbocycles. The number of rotatable bonds is 9. The zero-order chi connectivity index (χ0) is 11.5. The van der Waals surface area contributed by atoms with Gasteiger partial charge in [-0.1, -0.05) is 0 Å². The first-order chi connectivity index (χ1) is 7.20. The van der Waals surface area contributed by atoms with Crippen LogP contribution >= 0.6 is 0 Å². The van der Waals surface area contributed by atoms with Crippen molar-refractivity contribution in [2.75, 3.05) is 40.6 Å². The van der Waals surface area contributed by atoms with Crippen LogP contribution in [0, 0.1) is 0 Å². The normalized spacial score (nSPS) is 12.5. The predicted molar refractivity (Wildman–Crippen MR) is 56.8 cm³/mol. The fourth-order valence-corrected chi connectivity index (χ4v) is 1.03. The Balaban J connectivity index is 3.23. The van der Waals surface area contributed by atoms with Crippen molar-refractivity contribution in [3.8, 4) is 0 Å². The van der Waals surface area contributed by atoms with Crippen LogP contribution in [0.5, 0.6) is 0 Å². The lowest BCUT2D eigenvalue weighted by atomic mass is 10.2. The maximum absolute atomic E-state index is 10.9. The Bertz CT molecular complexity index is 164. The minimum absolute atomic E-state index is 0.114. The van der Waals surface area contributed by atoms with Gasteiger partial charge in [0.05, 0.1) is 33.4 Å². The van der Waals surface area contributed by atoms with E-state index in [9.17, 15) is 4.79 Å². The average Bonchev–Trinajstić information content (AvgIpc) is 2.23. The molecule has 90 valence electrons. The maximum atomic E-state index is 10.9. The summed E-state index contributed by atoms with van der Waals surface area (Å²) in [6.45, 7) is 4.49. The third kappa shape index (κ3) is 9.65. The van der Waals surface area contributed by atoms with Crippen LogP contribution in [0.25, 0.3) is 0 Å². The first kappa shape index (κ1) is 14.3. The van der Waals surface area contributed by atoms with E-state index in [2.05, 4.69) is 10.1 Å². The highest BCUT2D eigenvalue weighted by Gasteiger charge is 2.07. The van der Waals surface area contributed by atoms with Crippen LogP contribution < -0.4 is 5.32 Å². The monoisotopic (exact) mass is 219 g/mol. The summed E-state index contributed by atoms with van der Waals surface area (Å²) in [5.41, 5.74) is 0. The van der Waals surface area contributed by atoms with Gasteiger partial charge in [-0.05, 0) is 6.92 Å². The van der Waals surface area contributed by atoms with Crippen LogP contribution in [0.2, 0.25) is 0 Å². The highest BCUT2D eigenvalue weighted by atomic mass is 16.5. The van der Waals surface area contributed by atoms with E-state index in [1.165, 1.54) is 7.11 Å². The molecule has 0 rings (SSSR count). The fraction of sp³-hybridized carbons (Fsp3) is 0.900. The summed E-state index contributed by atoms with van der Waals surface area (Å²) >= 11 is 0. The SMILES string of the molecule is COCCOCCNC(C)CC(=O)OC. The molecule has 0 bridgehead atoms. The third-order valence-corrected chi connectivity index (χ3v) is 1.87. The van der Waals surface area contributed by atoms with Gasteiger partial charge < -0.3 is 19.5 Å². The molecule has 0 amide bonds. The van der Waals surface area contributed by atoms with Gasteiger partial charge in [-0.25, -0.2) is 0 Å². The number of carbonyl (C=O) groups is 1. The van der Waals surface area contributed by atoms with Crippen molar-refractivity contribution in [1.29, 1.82) is 0 Å². The molecule has 1 N–H and O–H groups in total. The molecule has 0 aromatic rings. The lowest BCUT2D eigenvalue weighted by molar-refractivity contribution is -0.141. The molecule has 1 unspecified atom stereocenters. The Morgan fingerprint density at radius 3 is 2.60 bits per heavy atom. The number of hydrogen-bond donors (Lipinski definition) is 1. The zero-order valence-corrected chi connectivity index (χ0v) is 9.75. The highest BCUT2D eigenvalue weighted by molar-refractivity contribution is 5.69. The van der Waals surface area contributed by atoms with E-state index in [1.54, 1.807) is 7.11 Å². The number of hydrogen-bond acceptors (Lipinski definition) is 5. The highest BCUT2D eigenvalue weighted by Crippen LogP contribution is 1.92. The predicted octanol–water partition coefficient (Wildman–Crippen LogP) is 0.191. The number of esters is 1. The number of methoxy groups -OCH3 is 2. The molecule has 0 saturated carbocycles. The van der Waals surface area contributed by atoms with Crippen molar-refractivity contribution in [3.63, 3.8) is 0 Å². The van der Waals surface area contributed by atoms with E-state index in [-0.39, 0.29) is 12.0 Å². The summed E-state index contributed by atoms with van der Waals surface area (Å²) in [7, 11) is 3.03. The van der Waals surface area contributed by atoms with Crippen molar-refractivity contribution in [2.24, 2.45) is 0 Å². The van der Waals surface area contributed by atoms with Gasteiger partial charge in [-0.15, -0.1) is 0 Å². The maximum Gasteiger partial charge on any atom is 0.307 e. The molecule has 0 aromatic heterocycles. The van der Waals surface area contributed by atoms with Crippen molar-refractivity contribution in [3.05, 3.63) is 0 Å². The Labute approximate surface area is 91.1 Å². The largest absolute Gasteiger partial charge is 0.469 e. The third-order valence-electron chi connectivity index (χ3n) is 1.87. The van der Waals surface area contributed by atoms with E-state index in [1.807, 2.05) is 6.92 Å². The molecule has 0 radical (unpaired) electrons.